The van der Waals surface area contributed by atoms with Gasteiger partial charge in [0, 0.05) is 7.05 Å². The van der Waals surface area contributed by atoms with Crippen molar-refractivity contribution in [3.8, 4) is 0 Å². The van der Waals surface area contributed by atoms with Crippen LogP contribution in [0.15, 0.2) is 0 Å². The summed E-state index contributed by atoms with van der Waals surface area (Å²) >= 11 is 19.5. The highest BCUT2D eigenvalue weighted by atomic mass is 35.6. The van der Waals surface area contributed by atoms with Gasteiger partial charge in [0.1, 0.15) is 0 Å². The zero-order valence-electron chi connectivity index (χ0n) is 3.53. The van der Waals surface area contributed by atoms with Gasteiger partial charge in [0.05, 0.1) is 0 Å². The van der Waals surface area contributed by atoms with Gasteiger partial charge in [0.15, 0.2) is 0 Å². The first kappa shape index (κ1) is 8.18. The maximum Gasteiger partial charge on any atom is 0.256 e. The molecule has 0 amide bonds. The lowest BCUT2D eigenvalue weighted by Gasteiger charge is -2.16. The van der Waals surface area contributed by atoms with Gasteiger partial charge in [-0.15, -0.1) is 0 Å². The van der Waals surface area contributed by atoms with E-state index in [2.05, 4.69) is 12.8 Å². The Labute approximate surface area is 63.1 Å². The number of alkyl halides is 3. The minimum atomic E-state index is -1.39. The van der Waals surface area contributed by atoms with Crippen LogP contribution in [0.4, 0.5) is 0 Å². The molecule has 0 heterocycles. The van der Waals surface area contributed by atoms with E-state index in [9.17, 15) is 0 Å². The summed E-state index contributed by atoms with van der Waals surface area (Å²) in [6.45, 7) is 0. The lowest BCUT2D eigenvalue weighted by Crippen LogP contribution is -2.20. The van der Waals surface area contributed by atoms with E-state index in [1.165, 1.54) is 4.31 Å². The van der Waals surface area contributed by atoms with Crippen molar-refractivity contribution in [2.75, 3.05) is 7.05 Å². The Kier molecular flexibility index (Phi) is 3.09. The predicted octanol–water partition coefficient (Wildman–Crippen LogP) is 2.09. The molecule has 0 aromatic rings. The van der Waals surface area contributed by atoms with E-state index in [4.69, 9.17) is 34.8 Å². The number of hydrogen-bond acceptors (Lipinski definition) is 2. The van der Waals surface area contributed by atoms with E-state index >= 15 is 0 Å². The lowest BCUT2D eigenvalue weighted by molar-refractivity contribution is 0.595. The molecule has 0 aliphatic rings. The number of rotatable bonds is 0. The number of thiol groups is 1. The van der Waals surface area contributed by atoms with Crippen LogP contribution in [-0.4, -0.2) is 15.3 Å². The Hall–Kier alpha value is 1.18. The Bertz CT molecular complexity index is 58.4. The van der Waals surface area contributed by atoms with Gasteiger partial charge >= 0.3 is 0 Å². The second-order valence-electron chi connectivity index (χ2n) is 0.991. The van der Waals surface area contributed by atoms with Crippen LogP contribution in [-0.2, 0) is 0 Å². The molecular formula is C2H4Cl3NS. The molecule has 0 N–H and O–H groups in total. The zero-order chi connectivity index (χ0) is 6.08. The number of nitrogens with zero attached hydrogens (tertiary/aromatic N) is 1. The second-order valence-corrected chi connectivity index (χ2v) is 3.81. The molecule has 0 aliphatic carbocycles. The summed E-state index contributed by atoms with van der Waals surface area (Å²) in [7, 11) is 1.55. The molecule has 0 aliphatic heterocycles. The average molecular weight is 180 g/mol. The van der Waals surface area contributed by atoms with Gasteiger partial charge in [0.25, 0.3) is 3.92 Å². The van der Waals surface area contributed by atoms with Crippen molar-refractivity contribution in [1.82, 2.24) is 4.31 Å². The molecule has 0 radical (unpaired) electrons. The van der Waals surface area contributed by atoms with Crippen LogP contribution in [0.5, 0.6) is 0 Å². The SMILES string of the molecule is CN(S)C(Cl)(Cl)Cl. The van der Waals surface area contributed by atoms with Crippen molar-refractivity contribution < 1.29 is 0 Å². The summed E-state index contributed by atoms with van der Waals surface area (Å²) < 4.78 is -0.208. The summed E-state index contributed by atoms with van der Waals surface area (Å²) in [5.74, 6) is 0. The van der Waals surface area contributed by atoms with Crippen molar-refractivity contribution in [3.05, 3.63) is 0 Å². The third-order valence-corrected chi connectivity index (χ3v) is 1.78. The molecule has 0 saturated heterocycles. The Balaban J connectivity index is 3.54. The van der Waals surface area contributed by atoms with Gasteiger partial charge in [-0.05, 0) is 0 Å². The van der Waals surface area contributed by atoms with Crippen molar-refractivity contribution in [3.63, 3.8) is 0 Å². The van der Waals surface area contributed by atoms with E-state index < -0.39 is 3.92 Å². The fraction of sp³-hybridized carbons (Fsp3) is 1.00. The molecule has 7 heavy (non-hydrogen) atoms. The molecule has 0 spiro atoms. The lowest BCUT2D eigenvalue weighted by atomic mass is 11.2. The molecule has 5 heteroatoms. The van der Waals surface area contributed by atoms with Crippen LogP contribution in [0.2, 0.25) is 0 Å². The molecule has 0 unspecified atom stereocenters. The highest BCUT2D eigenvalue weighted by Crippen LogP contribution is 2.29. The summed E-state index contributed by atoms with van der Waals surface area (Å²) in [5.41, 5.74) is 0. The number of halogens is 3. The molecule has 0 bridgehead atoms. The summed E-state index contributed by atoms with van der Waals surface area (Å²) in [6.07, 6.45) is 0. The largest absolute Gasteiger partial charge is 0.256 e. The Morgan fingerprint density at radius 1 is 1.43 bits per heavy atom. The molecule has 0 aromatic carbocycles. The van der Waals surface area contributed by atoms with Crippen LogP contribution in [0.1, 0.15) is 0 Å². The molecule has 0 fully saturated rings. The molecule has 0 aromatic heterocycles. The van der Waals surface area contributed by atoms with Crippen LogP contribution in [0.25, 0.3) is 0 Å². The van der Waals surface area contributed by atoms with E-state index in [-0.39, 0.29) is 0 Å². The van der Waals surface area contributed by atoms with Gasteiger partial charge < -0.3 is 0 Å². The predicted molar refractivity (Wildman–Crippen MR) is 37.0 cm³/mol. The first-order valence-electron chi connectivity index (χ1n) is 1.44. The van der Waals surface area contributed by atoms with Gasteiger partial charge in [-0.1, -0.05) is 47.6 Å². The summed E-state index contributed by atoms with van der Waals surface area (Å²) in [6, 6.07) is 0. The molecule has 0 atom stereocenters. The van der Waals surface area contributed by atoms with Crippen molar-refractivity contribution in [1.29, 1.82) is 0 Å². The van der Waals surface area contributed by atoms with E-state index in [0.29, 0.717) is 0 Å². The fourth-order valence-electron chi connectivity index (χ4n) is 0. The molecule has 1 nitrogen and oxygen atoms in total. The minimum Gasteiger partial charge on any atom is -0.210 e. The summed E-state index contributed by atoms with van der Waals surface area (Å²) in [4.78, 5) is 0. The maximum absolute atomic E-state index is 5.25. The van der Waals surface area contributed by atoms with Gasteiger partial charge in [-0.2, -0.15) is 0 Å². The van der Waals surface area contributed by atoms with Crippen molar-refractivity contribution in [2.45, 2.75) is 3.92 Å². The number of hydrogen-bond donors (Lipinski definition) is 1. The minimum absolute atomic E-state index is 1.18. The van der Waals surface area contributed by atoms with E-state index in [1.807, 2.05) is 0 Å². The molecule has 0 saturated carbocycles. The van der Waals surface area contributed by atoms with Crippen LogP contribution < -0.4 is 0 Å². The monoisotopic (exact) mass is 179 g/mol. The van der Waals surface area contributed by atoms with E-state index in [1.54, 1.807) is 7.05 Å². The third kappa shape index (κ3) is 3.74. The molecule has 44 valence electrons. The zero-order valence-corrected chi connectivity index (χ0v) is 6.69. The standard InChI is InChI=1S/C2H4Cl3NS/c1-6(7)2(3,4)5/h7H,1H3. The quantitative estimate of drug-likeness (QED) is 0.339. The topological polar surface area (TPSA) is 3.24 Å². The van der Waals surface area contributed by atoms with Gasteiger partial charge in [-0.25, -0.2) is 4.31 Å². The highest BCUT2D eigenvalue weighted by molar-refractivity contribution is 7.77. The maximum atomic E-state index is 5.25. The second kappa shape index (κ2) is 2.65. The average Bonchev–Trinajstić information content (AvgIpc) is 1.31. The van der Waals surface area contributed by atoms with Crippen molar-refractivity contribution in [2.24, 2.45) is 0 Å². The Morgan fingerprint density at radius 3 is 1.57 bits per heavy atom. The highest BCUT2D eigenvalue weighted by Gasteiger charge is 2.22. The van der Waals surface area contributed by atoms with Crippen molar-refractivity contribution >= 4 is 47.6 Å². The first-order valence-corrected chi connectivity index (χ1v) is 2.97. The van der Waals surface area contributed by atoms with Crippen LogP contribution >= 0.6 is 47.6 Å². The van der Waals surface area contributed by atoms with Crippen LogP contribution in [0.3, 0.4) is 0 Å². The fourth-order valence-corrected chi connectivity index (χ4v) is 0. The molecular weight excluding hydrogens is 176 g/mol. The Morgan fingerprint density at radius 2 is 1.57 bits per heavy atom. The molecule has 0 rings (SSSR count). The van der Waals surface area contributed by atoms with Gasteiger partial charge in [-0.3, -0.25) is 0 Å². The normalized spacial score (nSPS) is 12.9. The third-order valence-electron chi connectivity index (χ3n) is 0.367. The van der Waals surface area contributed by atoms with Crippen LogP contribution in [0, 0.1) is 0 Å². The smallest absolute Gasteiger partial charge is 0.210 e. The first-order chi connectivity index (χ1) is 2.94. The van der Waals surface area contributed by atoms with Gasteiger partial charge in [0.2, 0.25) is 0 Å². The van der Waals surface area contributed by atoms with E-state index in [0.717, 1.165) is 0 Å². The summed E-state index contributed by atoms with van der Waals surface area (Å²) in [5, 5.41) is 0.